The molecule has 1 aliphatic carbocycles. The van der Waals surface area contributed by atoms with Crippen molar-refractivity contribution in [2.24, 2.45) is 0 Å². The predicted molar refractivity (Wildman–Crippen MR) is 115 cm³/mol. The molecule has 9 nitrogen and oxygen atoms in total. The summed E-state index contributed by atoms with van der Waals surface area (Å²) in [6.45, 7) is 3.72. The number of aliphatic hydroxyl groups is 1. The number of sulfonamides is 1. The fourth-order valence-electron chi connectivity index (χ4n) is 3.24. The lowest BCUT2D eigenvalue weighted by Crippen LogP contribution is -2.36. The Bertz CT molecular complexity index is 964. The van der Waals surface area contributed by atoms with Gasteiger partial charge in [-0.3, -0.25) is 10.1 Å². The molecule has 10 heteroatoms. The Kier molecular flexibility index (Phi) is 6.73. The highest BCUT2D eigenvalue weighted by atomic mass is 32.2. The Labute approximate surface area is 182 Å². The van der Waals surface area contributed by atoms with Crippen molar-refractivity contribution >= 4 is 22.0 Å². The molecule has 0 atom stereocenters. The van der Waals surface area contributed by atoms with Crippen LogP contribution in [0.1, 0.15) is 38.7 Å². The smallest absolute Gasteiger partial charge is 0.324 e. The van der Waals surface area contributed by atoms with Crippen LogP contribution in [-0.4, -0.2) is 61.4 Å². The van der Waals surface area contributed by atoms with E-state index in [1.165, 1.54) is 4.90 Å². The molecule has 1 saturated carbocycles. The van der Waals surface area contributed by atoms with E-state index in [1.54, 1.807) is 32.1 Å². The normalized spacial score (nSPS) is 18.5. The van der Waals surface area contributed by atoms with Gasteiger partial charge in [-0.25, -0.2) is 17.9 Å². The lowest BCUT2D eigenvalue weighted by atomic mass is 10.1. The number of allylic oxidation sites excluding steroid dienone is 1. The molecule has 3 N–H and O–H groups in total. The molecule has 0 radical (unpaired) electrons. The molecule has 2 fully saturated rings. The molecule has 1 saturated heterocycles. The maximum absolute atomic E-state index is 12.6. The lowest BCUT2D eigenvalue weighted by Gasteiger charge is -2.21. The highest BCUT2D eigenvalue weighted by molar-refractivity contribution is 7.89. The first kappa shape index (κ1) is 23.2. The number of nitrogens with one attached hydrogen (secondary N) is 2. The van der Waals surface area contributed by atoms with Crippen molar-refractivity contribution in [2.75, 3.05) is 25.4 Å². The van der Waals surface area contributed by atoms with E-state index in [0.29, 0.717) is 25.0 Å². The van der Waals surface area contributed by atoms with Crippen LogP contribution in [0.5, 0.6) is 5.75 Å². The Balaban J connectivity index is 1.52. The highest BCUT2D eigenvalue weighted by Crippen LogP contribution is 2.46. The number of urea groups is 1. The minimum Gasteiger partial charge on any atom is -0.491 e. The van der Waals surface area contributed by atoms with Crippen LogP contribution in [0.2, 0.25) is 0 Å². The monoisotopic (exact) mass is 451 g/mol. The molecule has 3 rings (SSSR count). The summed E-state index contributed by atoms with van der Waals surface area (Å²) in [6.07, 6.45) is 5.08. The lowest BCUT2D eigenvalue weighted by molar-refractivity contribution is -0.118. The number of carbonyl (C=O) groups is 2. The van der Waals surface area contributed by atoms with Gasteiger partial charge in [-0.1, -0.05) is 24.3 Å². The number of ether oxygens (including phenoxy) is 1. The van der Waals surface area contributed by atoms with Gasteiger partial charge in [-0.05, 0) is 50.8 Å². The van der Waals surface area contributed by atoms with Gasteiger partial charge in [0.05, 0.1) is 16.9 Å². The average molecular weight is 452 g/mol. The second kappa shape index (κ2) is 8.97. The minimum atomic E-state index is -3.52. The molecule has 31 heavy (non-hydrogen) atoms. The fraction of sp³-hybridized carbons (Fsp3) is 0.524. The zero-order valence-corrected chi connectivity index (χ0v) is 18.6. The summed E-state index contributed by atoms with van der Waals surface area (Å²) in [5.41, 5.74) is -0.745. The van der Waals surface area contributed by atoms with Crippen LogP contribution in [0, 0.1) is 0 Å². The molecular formula is C21H29N3O6S. The van der Waals surface area contributed by atoms with E-state index in [9.17, 15) is 23.1 Å². The van der Waals surface area contributed by atoms with Crippen molar-refractivity contribution in [3.8, 4) is 5.75 Å². The summed E-state index contributed by atoms with van der Waals surface area (Å²) in [4.78, 5) is 23.9. The number of benzene rings is 1. The van der Waals surface area contributed by atoms with Crippen LogP contribution >= 0.6 is 0 Å². The number of hydrogen-bond acceptors (Lipinski definition) is 6. The maximum Gasteiger partial charge on any atom is 0.324 e. The zero-order chi connectivity index (χ0) is 22.7. The SMILES string of the molecule is CC(C)(O)COc1cccc(C2(NS(=O)(=O)CC/C=C/CN3CC(=O)NC3=O)CC2)c1. The van der Waals surface area contributed by atoms with E-state index >= 15 is 0 Å². The molecule has 0 aromatic heterocycles. The van der Waals surface area contributed by atoms with Crippen LogP contribution < -0.4 is 14.8 Å². The molecule has 1 aliphatic heterocycles. The van der Waals surface area contributed by atoms with Crippen molar-refractivity contribution < 1.29 is 27.9 Å². The number of nitrogens with zero attached hydrogens (tertiary/aromatic N) is 1. The van der Waals surface area contributed by atoms with E-state index in [0.717, 1.165) is 5.56 Å². The standard InChI is InChI=1S/C21H29N3O6S/c1-20(2,27)15-30-17-8-6-7-16(13-17)21(9-10-21)23-31(28,29)12-5-3-4-11-24-14-18(25)22-19(24)26/h3-4,6-8,13,23,27H,5,9-12,14-15H2,1-2H3,(H,22,25,26)/b4-3+. The summed E-state index contributed by atoms with van der Waals surface area (Å²) in [5, 5.41) is 12.0. The number of hydrogen-bond donors (Lipinski definition) is 3. The van der Waals surface area contributed by atoms with E-state index < -0.39 is 27.2 Å². The molecule has 1 aromatic rings. The van der Waals surface area contributed by atoms with E-state index in [2.05, 4.69) is 10.0 Å². The van der Waals surface area contributed by atoms with Crippen molar-refractivity contribution in [1.82, 2.24) is 14.9 Å². The van der Waals surface area contributed by atoms with E-state index in [1.807, 2.05) is 18.2 Å². The third kappa shape index (κ3) is 6.78. The fourth-order valence-corrected chi connectivity index (χ4v) is 4.71. The molecular weight excluding hydrogens is 422 g/mol. The third-order valence-electron chi connectivity index (χ3n) is 4.99. The van der Waals surface area contributed by atoms with Gasteiger partial charge in [0.2, 0.25) is 15.9 Å². The van der Waals surface area contributed by atoms with Crippen LogP contribution in [-0.2, 0) is 20.4 Å². The first-order valence-electron chi connectivity index (χ1n) is 10.2. The van der Waals surface area contributed by atoms with Crippen LogP contribution in [0.15, 0.2) is 36.4 Å². The number of rotatable bonds is 11. The van der Waals surface area contributed by atoms with E-state index in [-0.39, 0.29) is 31.4 Å². The number of amides is 3. The average Bonchev–Trinajstić information content (AvgIpc) is 3.37. The summed E-state index contributed by atoms with van der Waals surface area (Å²) in [6, 6.07) is 6.83. The van der Waals surface area contributed by atoms with Crippen molar-refractivity contribution in [2.45, 2.75) is 44.2 Å². The Hall–Kier alpha value is -2.43. The summed E-state index contributed by atoms with van der Waals surface area (Å²) < 4.78 is 33.6. The zero-order valence-electron chi connectivity index (χ0n) is 17.8. The van der Waals surface area contributed by atoms with Gasteiger partial charge < -0.3 is 14.7 Å². The van der Waals surface area contributed by atoms with Gasteiger partial charge in [0.1, 0.15) is 18.9 Å². The van der Waals surface area contributed by atoms with Gasteiger partial charge >= 0.3 is 6.03 Å². The third-order valence-corrected chi connectivity index (χ3v) is 6.47. The molecule has 0 unspecified atom stereocenters. The summed E-state index contributed by atoms with van der Waals surface area (Å²) >= 11 is 0. The van der Waals surface area contributed by atoms with E-state index in [4.69, 9.17) is 4.74 Å². The topological polar surface area (TPSA) is 125 Å². The predicted octanol–water partition coefficient (Wildman–Crippen LogP) is 1.24. The van der Waals surface area contributed by atoms with Crippen molar-refractivity contribution in [3.63, 3.8) is 0 Å². The Morgan fingerprint density at radius 1 is 1.29 bits per heavy atom. The Morgan fingerprint density at radius 3 is 2.65 bits per heavy atom. The van der Waals surface area contributed by atoms with Gasteiger partial charge in [0, 0.05) is 6.54 Å². The number of carbonyl (C=O) groups excluding carboxylic acids is 2. The molecule has 0 bridgehead atoms. The first-order valence-corrected chi connectivity index (χ1v) is 11.8. The molecule has 2 aliphatic rings. The van der Waals surface area contributed by atoms with Gasteiger partial charge in [0.15, 0.2) is 0 Å². The number of imide groups is 1. The quantitative estimate of drug-likeness (QED) is 0.343. The van der Waals surface area contributed by atoms with Crippen LogP contribution in [0.4, 0.5) is 4.79 Å². The minimum absolute atomic E-state index is 0.0180. The maximum atomic E-state index is 12.6. The second-order valence-corrected chi connectivity index (χ2v) is 10.5. The van der Waals surface area contributed by atoms with Crippen molar-refractivity contribution in [1.29, 1.82) is 0 Å². The molecule has 3 amide bonds. The van der Waals surface area contributed by atoms with Crippen LogP contribution in [0.3, 0.4) is 0 Å². The molecule has 170 valence electrons. The molecule has 0 spiro atoms. The largest absolute Gasteiger partial charge is 0.491 e. The van der Waals surface area contributed by atoms with Gasteiger partial charge in [0.25, 0.3) is 0 Å². The second-order valence-electron chi connectivity index (χ2n) is 8.63. The Morgan fingerprint density at radius 2 is 2.03 bits per heavy atom. The summed E-state index contributed by atoms with van der Waals surface area (Å²) in [7, 11) is -3.52. The van der Waals surface area contributed by atoms with Gasteiger partial charge in [-0.2, -0.15) is 0 Å². The van der Waals surface area contributed by atoms with Crippen molar-refractivity contribution in [3.05, 3.63) is 42.0 Å². The molecule has 1 aromatic carbocycles. The van der Waals surface area contributed by atoms with Gasteiger partial charge in [-0.15, -0.1) is 0 Å². The summed E-state index contributed by atoms with van der Waals surface area (Å²) in [5.74, 6) is 0.164. The molecule has 1 heterocycles. The first-order chi connectivity index (χ1) is 14.5. The van der Waals surface area contributed by atoms with Crippen LogP contribution in [0.25, 0.3) is 0 Å². The highest BCUT2D eigenvalue weighted by Gasteiger charge is 2.47.